The van der Waals surface area contributed by atoms with E-state index in [1.807, 2.05) is 38.8 Å². The van der Waals surface area contributed by atoms with Gasteiger partial charge >= 0.3 is 0 Å². The van der Waals surface area contributed by atoms with Crippen molar-refractivity contribution in [1.82, 2.24) is 9.55 Å². The Labute approximate surface area is 324 Å². The molecule has 0 bridgehead atoms. The van der Waals surface area contributed by atoms with Gasteiger partial charge in [0.25, 0.3) is 0 Å². The van der Waals surface area contributed by atoms with E-state index in [1.165, 1.54) is 31.4 Å². The Morgan fingerprint density at radius 1 is 0.836 bits per heavy atom. The van der Waals surface area contributed by atoms with Crippen LogP contribution < -0.4 is 29.6 Å². The molecule has 0 radical (unpaired) electrons. The normalized spacial score (nSPS) is 12.6. The Bertz CT molecular complexity index is 2120. The van der Waals surface area contributed by atoms with E-state index in [1.54, 1.807) is 74.4 Å². The SMILES string of the molecule is C=C(C)C(C)(C)OCCC(C)(N)Oc1ccc(-c2cc(F)c(CSc3ncc(N(C)c4ccc(OC)c(OC)c4)n3-c3ccc(F)c(OC)c3)c(F)c2)cc1. The summed E-state index contributed by atoms with van der Waals surface area (Å²) in [6, 6.07) is 19.3. The zero-order valence-corrected chi connectivity index (χ0v) is 33.2. The van der Waals surface area contributed by atoms with Gasteiger partial charge in [0.05, 0.1) is 45.4 Å². The van der Waals surface area contributed by atoms with Gasteiger partial charge in [0.1, 0.15) is 23.2 Å². The van der Waals surface area contributed by atoms with Crippen molar-refractivity contribution in [2.75, 3.05) is 39.9 Å². The van der Waals surface area contributed by atoms with Crippen LogP contribution in [0.4, 0.5) is 24.7 Å². The van der Waals surface area contributed by atoms with E-state index in [9.17, 15) is 4.39 Å². The van der Waals surface area contributed by atoms with Gasteiger partial charge in [-0.05, 0) is 92.9 Å². The molecule has 0 aliphatic rings. The summed E-state index contributed by atoms with van der Waals surface area (Å²) in [4.78, 5) is 6.47. The van der Waals surface area contributed by atoms with E-state index in [2.05, 4.69) is 11.6 Å². The molecule has 1 unspecified atom stereocenters. The maximum Gasteiger partial charge on any atom is 0.174 e. The monoisotopic (exact) mass is 776 g/mol. The number of benzene rings is 4. The fraction of sp³-hybridized carbons (Fsp3) is 0.310. The van der Waals surface area contributed by atoms with Crippen molar-refractivity contribution >= 4 is 23.3 Å². The number of ether oxygens (including phenoxy) is 5. The molecule has 5 rings (SSSR count). The molecule has 0 amide bonds. The Hall–Kier alpha value is -5.11. The quantitative estimate of drug-likeness (QED) is 0.0563. The van der Waals surface area contributed by atoms with Crippen molar-refractivity contribution < 1.29 is 36.9 Å². The number of anilines is 2. The van der Waals surface area contributed by atoms with Crippen molar-refractivity contribution in [3.63, 3.8) is 0 Å². The molecule has 1 aromatic heterocycles. The van der Waals surface area contributed by atoms with Crippen LogP contribution in [0.25, 0.3) is 16.8 Å². The summed E-state index contributed by atoms with van der Waals surface area (Å²) in [5.74, 6) is 0.163. The number of hydrogen-bond donors (Lipinski definition) is 1. The van der Waals surface area contributed by atoms with Gasteiger partial charge in [-0.2, -0.15) is 0 Å². The van der Waals surface area contributed by atoms with Crippen LogP contribution in [0.3, 0.4) is 0 Å². The highest BCUT2D eigenvalue weighted by Crippen LogP contribution is 2.38. The van der Waals surface area contributed by atoms with E-state index in [4.69, 9.17) is 29.4 Å². The maximum atomic E-state index is 15.7. The number of rotatable bonds is 17. The predicted molar refractivity (Wildman–Crippen MR) is 212 cm³/mol. The standard InChI is InChI=1S/C42H47F3N4O5S/c1-26(2)41(3,4)53-19-18-42(5,46)54-31-14-10-27(11-15-31)28-20-34(44)32(35(45)21-28)25-55-40-47-24-39(49(40)30-12-16-33(43)37(23-30)51-8)48(6)29-13-17-36(50-7)38(22-29)52-9/h10-17,20-24H,1,18-19,25,46H2,2-9H3. The minimum atomic E-state index is -1.01. The summed E-state index contributed by atoms with van der Waals surface area (Å²) < 4.78 is 75.7. The highest BCUT2D eigenvalue weighted by Gasteiger charge is 2.25. The smallest absolute Gasteiger partial charge is 0.174 e. The Morgan fingerprint density at radius 3 is 2.11 bits per heavy atom. The molecule has 55 heavy (non-hydrogen) atoms. The second-order valence-electron chi connectivity index (χ2n) is 13.7. The molecule has 0 saturated carbocycles. The molecule has 0 saturated heterocycles. The third-order valence-electron chi connectivity index (χ3n) is 9.32. The van der Waals surface area contributed by atoms with Crippen LogP contribution in [-0.4, -0.2) is 55.9 Å². The van der Waals surface area contributed by atoms with E-state index < -0.39 is 28.8 Å². The highest BCUT2D eigenvalue weighted by atomic mass is 32.2. The van der Waals surface area contributed by atoms with Crippen LogP contribution in [0, 0.1) is 17.5 Å². The first kappa shape index (κ1) is 41.1. The summed E-state index contributed by atoms with van der Waals surface area (Å²) >= 11 is 1.13. The molecule has 2 N–H and O–H groups in total. The van der Waals surface area contributed by atoms with Crippen molar-refractivity contribution in [2.24, 2.45) is 5.73 Å². The average molecular weight is 777 g/mol. The molecule has 0 aliphatic carbocycles. The van der Waals surface area contributed by atoms with Crippen LogP contribution in [0.2, 0.25) is 0 Å². The van der Waals surface area contributed by atoms with Gasteiger partial charge in [0.2, 0.25) is 0 Å². The lowest BCUT2D eigenvalue weighted by Crippen LogP contribution is -2.44. The Balaban J connectivity index is 1.36. The van der Waals surface area contributed by atoms with Gasteiger partial charge in [-0.1, -0.05) is 30.5 Å². The van der Waals surface area contributed by atoms with E-state index in [0.717, 1.165) is 23.0 Å². The van der Waals surface area contributed by atoms with Crippen LogP contribution in [0.1, 0.15) is 39.7 Å². The number of thioether (sulfide) groups is 1. The number of nitrogens with two attached hydrogens (primary N) is 1. The van der Waals surface area contributed by atoms with Gasteiger partial charge < -0.3 is 28.6 Å². The molecule has 0 spiro atoms. The summed E-state index contributed by atoms with van der Waals surface area (Å²) in [6.45, 7) is 11.9. The fourth-order valence-corrected chi connectivity index (χ4v) is 6.58. The van der Waals surface area contributed by atoms with Crippen LogP contribution in [0.15, 0.2) is 96.3 Å². The van der Waals surface area contributed by atoms with Crippen molar-refractivity contribution in [3.05, 3.63) is 114 Å². The number of aromatic nitrogens is 2. The van der Waals surface area contributed by atoms with E-state index >= 15 is 8.78 Å². The molecule has 4 aromatic carbocycles. The summed E-state index contributed by atoms with van der Waals surface area (Å²) in [5.41, 5.74) is 7.91. The Morgan fingerprint density at radius 2 is 1.49 bits per heavy atom. The minimum absolute atomic E-state index is 0.0271. The van der Waals surface area contributed by atoms with Crippen molar-refractivity contribution in [2.45, 2.75) is 56.4 Å². The molecule has 292 valence electrons. The first-order valence-corrected chi connectivity index (χ1v) is 18.4. The fourth-order valence-electron chi connectivity index (χ4n) is 5.57. The molecule has 0 fully saturated rings. The lowest BCUT2D eigenvalue weighted by molar-refractivity contribution is -0.0222. The molecule has 1 atom stereocenters. The van der Waals surface area contributed by atoms with Crippen molar-refractivity contribution in [3.8, 4) is 39.8 Å². The third-order valence-corrected chi connectivity index (χ3v) is 10.3. The van der Waals surface area contributed by atoms with Crippen LogP contribution in [0.5, 0.6) is 23.0 Å². The second kappa shape index (κ2) is 17.1. The first-order chi connectivity index (χ1) is 26.1. The average Bonchev–Trinajstić information content (AvgIpc) is 3.57. The van der Waals surface area contributed by atoms with Gasteiger partial charge in [0, 0.05) is 42.6 Å². The summed E-state index contributed by atoms with van der Waals surface area (Å²) in [7, 11) is 6.31. The zero-order chi connectivity index (χ0) is 40.1. The lowest BCUT2D eigenvalue weighted by Gasteiger charge is -2.30. The van der Waals surface area contributed by atoms with Crippen LogP contribution >= 0.6 is 11.8 Å². The molecule has 0 aliphatic heterocycles. The number of nitrogens with zero attached hydrogens (tertiary/aromatic N) is 3. The van der Waals surface area contributed by atoms with E-state index in [-0.39, 0.29) is 17.1 Å². The summed E-state index contributed by atoms with van der Waals surface area (Å²) in [6.07, 6.45) is 2.05. The van der Waals surface area contributed by atoms with Gasteiger partial charge in [-0.3, -0.25) is 10.3 Å². The molecular weight excluding hydrogens is 730 g/mol. The Kier molecular flexibility index (Phi) is 12.8. The highest BCUT2D eigenvalue weighted by molar-refractivity contribution is 7.98. The van der Waals surface area contributed by atoms with Gasteiger partial charge in [0.15, 0.2) is 33.9 Å². The number of imidazole rings is 1. The van der Waals surface area contributed by atoms with Crippen LogP contribution in [-0.2, 0) is 10.5 Å². The predicted octanol–water partition coefficient (Wildman–Crippen LogP) is 9.86. The van der Waals surface area contributed by atoms with Gasteiger partial charge in [-0.25, -0.2) is 18.2 Å². The first-order valence-electron chi connectivity index (χ1n) is 17.4. The number of hydrogen-bond acceptors (Lipinski definition) is 9. The van der Waals surface area contributed by atoms with Crippen molar-refractivity contribution in [1.29, 1.82) is 0 Å². The molecule has 1 heterocycles. The topological polar surface area (TPSA) is 93.2 Å². The second-order valence-corrected chi connectivity index (χ2v) is 14.6. The maximum absolute atomic E-state index is 15.7. The molecule has 9 nitrogen and oxygen atoms in total. The number of halogens is 3. The molecule has 5 aromatic rings. The number of methoxy groups -OCH3 is 3. The van der Waals surface area contributed by atoms with E-state index in [0.29, 0.717) is 58.1 Å². The third kappa shape index (κ3) is 9.59. The zero-order valence-electron chi connectivity index (χ0n) is 32.3. The molecular formula is C42H47F3N4O5S. The largest absolute Gasteiger partial charge is 0.494 e. The summed E-state index contributed by atoms with van der Waals surface area (Å²) in [5, 5.41) is 0.410. The lowest BCUT2D eigenvalue weighted by atomic mass is 10.0. The van der Waals surface area contributed by atoms with Gasteiger partial charge in [-0.15, -0.1) is 0 Å². The minimum Gasteiger partial charge on any atom is -0.494 e. The molecule has 13 heteroatoms.